The Balaban J connectivity index is 1.30. The fraction of sp³-hybridized carbons (Fsp3) is 0.515. The number of pyridine rings is 1. The van der Waals surface area contributed by atoms with E-state index in [2.05, 4.69) is 37.8 Å². The smallest absolute Gasteiger partial charge is 0.280 e. The zero-order valence-electron chi connectivity index (χ0n) is 27.0. The molecule has 2 fully saturated rings. The van der Waals surface area contributed by atoms with Crippen LogP contribution in [0.4, 0.5) is 17.1 Å². The molecule has 0 spiro atoms. The van der Waals surface area contributed by atoms with E-state index in [0.29, 0.717) is 70.8 Å². The zero-order valence-corrected chi connectivity index (χ0v) is 27.8. The van der Waals surface area contributed by atoms with Gasteiger partial charge in [0.05, 0.1) is 44.7 Å². The van der Waals surface area contributed by atoms with Gasteiger partial charge in [-0.3, -0.25) is 14.7 Å². The number of aliphatic imine (C=N–C) groups is 1. The summed E-state index contributed by atoms with van der Waals surface area (Å²) < 4.78 is 24.8. The van der Waals surface area contributed by atoms with Crippen LogP contribution in [-0.4, -0.2) is 96.1 Å². The lowest BCUT2D eigenvalue weighted by Gasteiger charge is -2.37. The number of anilines is 2. The number of allylic oxidation sites excluding steroid dienone is 1. The van der Waals surface area contributed by atoms with Crippen LogP contribution in [0.5, 0.6) is 0 Å². The van der Waals surface area contributed by atoms with E-state index < -0.39 is 15.6 Å². The first-order chi connectivity index (χ1) is 22.2. The summed E-state index contributed by atoms with van der Waals surface area (Å²) in [5, 5.41) is 17.9. The van der Waals surface area contributed by atoms with Crippen LogP contribution in [0.3, 0.4) is 0 Å². The van der Waals surface area contributed by atoms with Gasteiger partial charge in [0, 0.05) is 74.8 Å². The van der Waals surface area contributed by atoms with Crippen LogP contribution in [0.15, 0.2) is 45.6 Å². The van der Waals surface area contributed by atoms with Gasteiger partial charge in [-0.2, -0.15) is 9.36 Å². The molecule has 1 aromatic carbocycles. The van der Waals surface area contributed by atoms with Crippen LogP contribution in [0.1, 0.15) is 54.4 Å². The number of carbonyl (C=O) groups is 1. The van der Waals surface area contributed by atoms with Crippen LogP contribution in [0.2, 0.25) is 0 Å². The molecule has 46 heavy (non-hydrogen) atoms. The molecule has 13 heteroatoms. The van der Waals surface area contributed by atoms with Gasteiger partial charge in [-0.15, -0.1) is 0 Å². The number of ether oxygens (including phenoxy) is 1. The van der Waals surface area contributed by atoms with E-state index >= 15 is 0 Å². The molecule has 2 bridgehead atoms. The van der Waals surface area contributed by atoms with Gasteiger partial charge in [-0.25, -0.2) is 4.21 Å². The highest BCUT2D eigenvalue weighted by molar-refractivity contribution is 7.93. The van der Waals surface area contributed by atoms with Crippen molar-refractivity contribution in [3.05, 3.63) is 53.2 Å². The van der Waals surface area contributed by atoms with Gasteiger partial charge >= 0.3 is 0 Å². The van der Waals surface area contributed by atoms with Crippen molar-refractivity contribution in [2.45, 2.75) is 45.6 Å². The highest BCUT2D eigenvalue weighted by atomic mass is 32.2. The van der Waals surface area contributed by atoms with Crippen LogP contribution in [0, 0.1) is 18.3 Å². The standard InChI is InChI=1S/C33H45N9O3S/c1-22-5-4-14-45-32(35-3)27(20-34)29-18-24(17-23(2)37-29)31(43)39-33-38-28-7-6-25(19-30(28)42(33)21-22)40-46(44)15-8-26(9-16-46)41-12-10-36-11-13-41/h6-7,17-20,22,26,34-36H,4-5,8-16,21H2,1-3H3,(H,38,39,43)/b32-27-,34-20?/t22-,26?,46?/m1/s1. The minimum atomic E-state index is -2.36. The van der Waals surface area contributed by atoms with Gasteiger partial charge in [0.1, 0.15) is 0 Å². The van der Waals surface area contributed by atoms with Crippen molar-refractivity contribution >= 4 is 50.4 Å². The Labute approximate surface area is 271 Å². The largest absolute Gasteiger partial charge is 0.479 e. The van der Waals surface area contributed by atoms with Crippen molar-refractivity contribution in [2.24, 2.45) is 15.3 Å². The number of rotatable bonds is 4. The molecule has 6 rings (SSSR count). The summed E-state index contributed by atoms with van der Waals surface area (Å²) in [5.74, 6) is 1.94. The van der Waals surface area contributed by atoms with Crippen molar-refractivity contribution in [1.29, 1.82) is 5.41 Å². The summed E-state index contributed by atoms with van der Waals surface area (Å²) >= 11 is 0. The number of hydrogen-bond acceptors (Lipinski definition) is 11. The molecule has 1 aromatic heterocycles. The Morgan fingerprint density at radius 2 is 1.93 bits per heavy atom. The first kappa shape index (κ1) is 32.1. The summed E-state index contributed by atoms with van der Waals surface area (Å²) in [6.45, 7) is 9.21. The van der Waals surface area contributed by atoms with Gasteiger partial charge in [0.25, 0.3) is 5.91 Å². The molecule has 0 aliphatic carbocycles. The van der Waals surface area contributed by atoms with Crippen molar-refractivity contribution in [2.75, 3.05) is 68.1 Å². The SMILES string of the molecule is CN/C1=C(\C=N)c2cc(cc(C)n2)C(=O)/N=C2\Nc3ccc(N=S4(=O)CCC(N5CCNCC5)CC4)cc3N2C[C@H](C)CCCO1. The van der Waals surface area contributed by atoms with E-state index in [1.54, 1.807) is 19.2 Å². The fourth-order valence-electron chi connectivity index (χ4n) is 6.70. The number of carbonyl (C=O) groups excluding carboxylic acids is 1. The molecular weight excluding hydrogens is 602 g/mol. The molecule has 0 unspecified atom stereocenters. The highest BCUT2D eigenvalue weighted by Gasteiger charge is 2.30. The maximum absolute atomic E-state index is 13.9. The fourth-order valence-corrected chi connectivity index (χ4v) is 8.87. The van der Waals surface area contributed by atoms with Crippen LogP contribution < -0.4 is 20.9 Å². The summed E-state index contributed by atoms with van der Waals surface area (Å²) in [6, 6.07) is 9.66. The van der Waals surface area contributed by atoms with Gasteiger partial charge < -0.3 is 31.0 Å². The quantitative estimate of drug-likeness (QED) is 0.362. The van der Waals surface area contributed by atoms with Crippen LogP contribution in [0.25, 0.3) is 5.57 Å². The lowest BCUT2D eigenvalue weighted by atomic mass is 10.1. The average Bonchev–Trinajstić information content (AvgIpc) is 3.37. The first-order valence-electron chi connectivity index (χ1n) is 16.3. The molecule has 0 saturated carbocycles. The predicted molar refractivity (Wildman–Crippen MR) is 185 cm³/mol. The predicted octanol–water partition coefficient (Wildman–Crippen LogP) is 3.97. The summed E-state index contributed by atoms with van der Waals surface area (Å²) in [4.78, 5) is 27.4. The number of aromatic nitrogens is 1. The maximum Gasteiger partial charge on any atom is 0.280 e. The van der Waals surface area contributed by atoms with Gasteiger partial charge in [-0.1, -0.05) is 6.92 Å². The van der Waals surface area contributed by atoms with Crippen LogP contribution in [-0.2, 0) is 14.5 Å². The number of benzene rings is 1. The summed E-state index contributed by atoms with van der Waals surface area (Å²) in [6.07, 6.45) is 4.69. The maximum atomic E-state index is 13.9. The molecule has 2 saturated heterocycles. The number of guanidine groups is 1. The Hall–Kier alpha value is -3.81. The molecule has 4 N–H and O–H groups in total. The van der Waals surface area contributed by atoms with Crippen molar-refractivity contribution in [3.8, 4) is 0 Å². The second-order valence-electron chi connectivity index (χ2n) is 12.6. The molecular formula is C33H45N9O3S. The minimum Gasteiger partial charge on any atom is -0.479 e. The molecule has 4 aliphatic heterocycles. The van der Waals surface area contributed by atoms with E-state index in [1.807, 2.05) is 30.0 Å². The number of aryl methyl sites for hydroxylation is 1. The molecule has 4 aliphatic rings. The monoisotopic (exact) mass is 647 g/mol. The van der Waals surface area contributed by atoms with Gasteiger partial charge in [-0.05, 0) is 68.9 Å². The summed E-state index contributed by atoms with van der Waals surface area (Å²) in [7, 11) is -0.611. The van der Waals surface area contributed by atoms with Gasteiger partial charge in [0.2, 0.25) is 5.96 Å². The topological polar surface area (TPSA) is 147 Å². The lowest BCUT2D eigenvalue weighted by molar-refractivity contribution is 0.100. The highest BCUT2D eigenvalue weighted by Crippen LogP contribution is 2.38. The second-order valence-corrected chi connectivity index (χ2v) is 15.1. The molecule has 2 aromatic rings. The number of piperazine rings is 1. The Morgan fingerprint density at radius 1 is 1.15 bits per heavy atom. The third kappa shape index (κ3) is 7.11. The third-order valence-electron chi connectivity index (χ3n) is 9.14. The van der Waals surface area contributed by atoms with E-state index in [-0.39, 0.29) is 5.92 Å². The van der Waals surface area contributed by atoms with E-state index in [4.69, 9.17) is 14.5 Å². The number of amides is 1. The molecule has 246 valence electrons. The van der Waals surface area contributed by atoms with E-state index in [9.17, 15) is 9.00 Å². The van der Waals surface area contributed by atoms with Crippen molar-refractivity contribution in [1.82, 2.24) is 20.5 Å². The van der Waals surface area contributed by atoms with E-state index in [1.165, 1.54) is 6.21 Å². The number of nitrogens with zero attached hydrogens (tertiary/aromatic N) is 5. The minimum absolute atomic E-state index is 0.244. The van der Waals surface area contributed by atoms with Crippen molar-refractivity contribution in [3.63, 3.8) is 0 Å². The average molecular weight is 648 g/mol. The van der Waals surface area contributed by atoms with Crippen molar-refractivity contribution < 1.29 is 13.7 Å². The lowest BCUT2D eigenvalue weighted by Crippen LogP contribution is -2.50. The first-order valence-corrected chi connectivity index (χ1v) is 18.1. The summed E-state index contributed by atoms with van der Waals surface area (Å²) in [5.41, 5.74) is 4.33. The molecule has 12 nitrogen and oxygen atoms in total. The Morgan fingerprint density at radius 3 is 2.67 bits per heavy atom. The third-order valence-corrected chi connectivity index (χ3v) is 11.4. The normalized spacial score (nSPS) is 28.7. The Kier molecular flexibility index (Phi) is 9.71. The van der Waals surface area contributed by atoms with Gasteiger partial charge in [0.15, 0.2) is 5.88 Å². The molecule has 5 heterocycles. The second kappa shape index (κ2) is 13.9. The number of fused-ring (bicyclic) bond motifs is 5. The number of hydrogen-bond donors (Lipinski definition) is 4. The zero-order chi connectivity index (χ0) is 32.3. The molecule has 1 amide bonds. The Bertz CT molecular complexity index is 1660. The van der Waals surface area contributed by atoms with Crippen LogP contribution >= 0.6 is 0 Å². The molecule has 0 radical (unpaired) electrons. The molecule has 1 atom stereocenters. The van der Waals surface area contributed by atoms with E-state index in [0.717, 1.165) is 63.2 Å². The number of nitrogens with one attached hydrogen (secondary N) is 4.